The van der Waals surface area contributed by atoms with Gasteiger partial charge in [0.2, 0.25) is 11.8 Å². The number of nitrogens with zero attached hydrogens (tertiary/aromatic N) is 2. The third-order valence-corrected chi connectivity index (χ3v) is 9.88. The van der Waals surface area contributed by atoms with Crippen LogP contribution in [-0.2, 0) is 32.7 Å². The van der Waals surface area contributed by atoms with Crippen molar-refractivity contribution in [2.45, 2.75) is 75.6 Å². The molecule has 0 aromatic heterocycles. The average molecular weight is 546 g/mol. The Labute approximate surface area is 209 Å². The Balaban J connectivity index is 1.49. The minimum absolute atomic E-state index is 0.127. The number of urea groups is 2. The van der Waals surface area contributed by atoms with Gasteiger partial charge in [-0.05, 0) is 13.8 Å². The van der Waals surface area contributed by atoms with E-state index in [1.165, 1.54) is 23.6 Å². The second kappa shape index (κ2) is 7.93. The Morgan fingerprint density at radius 3 is 2.03 bits per heavy atom. The van der Waals surface area contributed by atoms with Gasteiger partial charge in [-0.3, -0.25) is 39.1 Å². The van der Waals surface area contributed by atoms with E-state index in [2.05, 4.69) is 10.6 Å². The molecule has 0 aromatic carbocycles. The van der Waals surface area contributed by atoms with Gasteiger partial charge in [-0.25, -0.2) is 14.2 Å². The molecule has 0 aromatic rings. The van der Waals surface area contributed by atoms with E-state index in [1.807, 2.05) is 0 Å². The van der Waals surface area contributed by atoms with Crippen LogP contribution in [0.2, 0.25) is 0 Å². The monoisotopic (exact) mass is 546 g/mol. The molecule has 1 aliphatic carbocycles. The van der Waals surface area contributed by atoms with E-state index in [4.69, 9.17) is 18.5 Å². The minimum Gasteiger partial charge on any atom is -0.394 e. The Morgan fingerprint density at radius 1 is 0.946 bits per heavy atom. The Kier molecular flexibility index (Phi) is 5.38. The molecule has 37 heavy (non-hydrogen) atoms. The maximum atomic E-state index is 13.2. The summed E-state index contributed by atoms with van der Waals surface area (Å²) in [7, 11) is -4.74. The highest BCUT2D eigenvalue weighted by atomic mass is 31.2. The molecule has 17 heteroatoms. The van der Waals surface area contributed by atoms with Crippen molar-refractivity contribution in [3.05, 3.63) is 0 Å². The average Bonchev–Trinajstić information content (AvgIpc) is 3.38. The molecule has 16 nitrogen and oxygen atoms in total. The predicted molar refractivity (Wildman–Crippen MR) is 115 cm³/mol. The summed E-state index contributed by atoms with van der Waals surface area (Å²) < 4.78 is 34.6. The van der Waals surface area contributed by atoms with Gasteiger partial charge in [0.15, 0.2) is 0 Å². The lowest BCUT2D eigenvalue weighted by Gasteiger charge is -2.72. The molecule has 5 aliphatic heterocycles. The molecule has 4 bridgehead atoms. The van der Waals surface area contributed by atoms with Crippen LogP contribution in [0.25, 0.3) is 0 Å². The van der Waals surface area contributed by atoms with Crippen LogP contribution in [-0.4, -0.2) is 111 Å². The molecule has 11 atom stereocenters. The standard InChI is InChI=1S/C20H27N4O12P/c1-19-13-14-20(19,2)16(28)22-18(30)24(14)12-4-8(9(5-25)34-12)36-37(31,32)33-6-10-7(26)3-11(35-10)23(13)17(29)21-15(19)27/h7-14,25-26H,3-6H2,1-2H3,(H,31,32)(H,21,27,29)(H,22,28,30)/t7?,8?,9-,10-,11+,12+,13-,14-,19+,20+/m1/s1. The van der Waals surface area contributed by atoms with Crippen LogP contribution in [0.15, 0.2) is 0 Å². The number of imide groups is 2. The topological polar surface area (TPSA) is 213 Å². The molecular formula is C20H27N4O12P. The number of rotatable bonds is 1. The van der Waals surface area contributed by atoms with Gasteiger partial charge in [-0.2, -0.15) is 0 Å². The molecule has 6 fully saturated rings. The second-order valence-corrected chi connectivity index (χ2v) is 11.9. The molecule has 0 spiro atoms. The fourth-order valence-corrected chi connectivity index (χ4v) is 7.72. The van der Waals surface area contributed by atoms with E-state index in [9.17, 15) is 38.8 Å². The third-order valence-electron chi connectivity index (χ3n) is 8.87. The number of phosphoric acid groups is 1. The van der Waals surface area contributed by atoms with Gasteiger partial charge in [-0.1, -0.05) is 0 Å². The van der Waals surface area contributed by atoms with Crippen LogP contribution in [0, 0.1) is 10.8 Å². The lowest BCUT2D eigenvalue weighted by atomic mass is 9.42. The van der Waals surface area contributed by atoms with Gasteiger partial charge in [0.25, 0.3) is 0 Å². The zero-order valence-electron chi connectivity index (χ0n) is 19.8. The number of hydrogen-bond acceptors (Lipinski definition) is 11. The van der Waals surface area contributed by atoms with E-state index in [0.29, 0.717) is 0 Å². The molecule has 1 saturated carbocycles. The number of nitrogens with one attached hydrogen (secondary N) is 2. The summed E-state index contributed by atoms with van der Waals surface area (Å²) in [5, 5.41) is 24.9. The van der Waals surface area contributed by atoms with E-state index in [0.717, 1.165) is 0 Å². The van der Waals surface area contributed by atoms with Gasteiger partial charge in [0.1, 0.15) is 30.8 Å². The van der Waals surface area contributed by atoms with Crippen LogP contribution in [0.5, 0.6) is 0 Å². The van der Waals surface area contributed by atoms with Crippen molar-refractivity contribution in [1.82, 2.24) is 20.4 Å². The van der Waals surface area contributed by atoms with Crippen LogP contribution < -0.4 is 10.6 Å². The summed E-state index contributed by atoms with van der Waals surface area (Å²) in [6.07, 6.45) is -7.24. The summed E-state index contributed by atoms with van der Waals surface area (Å²) in [6.45, 7) is 1.84. The highest BCUT2D eigenvalue weighted by Crippen LogP contribution is 2.64. The van der Waals surface area contributed by atoms with Crippen LogP contribution in [0.3, 0.4) is 0 Å². The Hall–Kier alpha value is -2.17. The Morgan fingerprint density at radius 2 is 1.49 bits per heavy atom. The Bertz CT molecular complexity index is 1140. The summed E-state index contributed by atoms with van der Waals surface area (Å²) in [6, 6.07) is -3.82. The van der Waals surface area contributed by atoms with Gasteiger partial charge >= 0.3 is 19.9 Å². The van der Waals surface area contributed by atoms with Crippen LogP contribution in [0.1, 0.15) is 26.7 Å². The smallest absolute Gasteiger partial charge is 0.394 e. The first-order valence-corrected chi connectivity index (χ1v) is 13.4. The van der Waals surface area contributed by atoms with Crippen LogP contribution in [0.4, 0.5) is 9.59 Å². The molecule has 6 rings (SSSR count). The fourth-order valence-electron chi connectivity index (χ4n) is 6.76. The number of hydrogen-bond donors (Lipinski definition) is 5. The van der Waals surface area contributed by atoms with Crippen molar-refractivity contribution >= 4 is 31.7 Å². The first-order chi connectivity index (χ1) is 17.3. The number of aliphatic hydroxyl groups excluding tert-OH is 2. The minimum atomic E-state index is -4.74. The zero-order chi connectivity index (χ0) is 26.7. The predicted octanol–water partition coefficient (Wildman–Crippen LogP) is -2.05. The molecule has 6 aliphatic rings. The first kappa shape index (κ1) is 25.1. The number of fused-ring (bicyclic) bond motifs is 7. The van der Waals surface area contributed by atoms with Crippen molar-refractivity contribution in [3.63, 3.8) is 0 Å². The largest absolute Gasteiger partial charge is 0.472 e. The molecule has 0 radical (unpaired) electrons. The zero-order valence-corrected chi connectivity index (χ0v) is 20.7. The lowest BCUT2D eigenvalue weighted by molar-refractivity contribution is -0.242. The highest BCUT2D eigenvalue weighted by Gasteiger charge is 2.82. The quantitative estimate of drug-likeness (QED) is 0.225. The normalized spacial score (nSPS) is 51.2. The number of amides is 6. The third kappa shape index (κ3) is 3.18. The molecule has 5 heterocycles. The molecule has 5 N–H and O–H groups in total. The van der Waals surface area contributed by atoms with Gasteiger partial charge < -0.3 is 24.6 Å². The lowest BCUT2D eigenvalue weighted by Crippen LogP contribution is -2.92. The molecular weight excluding hydrogens is 519 g/mol. The maximum absolute atomic E-state index is 13.2. The fraction of sp³-hybridized carbons (Fsp3) is 0.800. The number of aliphatic hydroxyl groups is 2. The van der Waals surface area contributed by atoms with Gasteiger partial charge in [0, 0.05) is 12.8 Å². The van der Waals surface area contributed by atoms with Crippen molar-refractivity contribution in [3.8, 4) is 0 Å². The highest BCUT2D eigenvalue weighted by molar-refractivity contribution is 7.47. The summed E-state index contributed by atoms with van der Waals surface area (Å²) in [5.74, 6) is -1.42. The molecule has 6 amide bonds. The summed E-state index contributed by atoms with van der Waals surface area (Å²) in [4.78, 5) is 65.5. The van der Waals surface area contributed by atoms with Gasteiger partial charge in [-0.15, -0.1) is 0 Å². The van der Waals surface area contributed by atoms with E-state index in [-0.39, 0.29) is 12.8 Å². The first-order valence-electron chi connectivity index (χ1n) is 11.9. The van der Waals surface area contributed by atoms with Crippen molar-refractivity contribution < 1.29 is 57.4 Å². The van der Waals surface area contributed by atoms with Crippen molar-refractivity contribution in [2.75, 3.05) is 13.2 Å². The van der Waals surface area contributed by atoms with Gasteiger partial charge in [0.05, 0.1) is 42.2 Å². The summed E-state index contributed by atoms with van der Waals surface area (Å²) in [5.41, 5.74) is -3.02. The van der Waals surface area contributed by atoms with Crippen molar-refractivity contribution in [1.29, 1.82) is 0 Å². The van der Waals surface area contributed by atoms with E-state index >= 15 is 0 Å². The van der Waals surface area contributed by atoms with Crippen LogP contribution >= 0.6 is 7.82 Å². The molecule has 3 unspecified atom stereocenters. The van der Waals surface area contributed by atoms with E-state index in [1.54, 1.807) is 0 Å². The summed E-state index contributed by atoms with van der Waals surface area (Å²) >= 11 is 0. The van der Waals surface area contributed by atoms with Crippen molar-refractivity contribution in [2.24, 2.45) is 10.8 Å². The number of carbonyl (C=O) groups excluding carboxylic acids is 4. The molecule has 5 saturated heterocycles. The number of ether oxygens (including phenoxy) is 2. The molecule has 204 valence electrons. The maximum Gasteiger partial charge on any atom is 0.472 e. The second-order valence-electron chi connectivity index (χ2n) is 10.5. The SMILES string of the molecule is C[C@]12C(=O)NC(=O)N3[C@@H]4CC(O)[C@@H](COP(=O)(O)OC5C[C@H](O[C@@H]5CO)N5C(=O)NC(=O)[C@]1(C)[C@H]5[C@@H]32)O4. The number of carbonyl (C=O) groups is 4. The number of phosphoric ester groups is 1. The van der Waals surface area contributed by atoms with E-state index < -0.39 is 105 Å².